The number of hydrogen-bond donors (Lipinski definition) is 2. The Morgan fingerprint density at radius 3 is 2.53 bits per heavy atom. The van der Waals surface area contributed by atoms with Crippen molar-refractivity contribution < 1.29 is 9.90 Å². The molecule has 1 atom stereocenters. The van der Waals surface area contributed by atoms with Crippen molar-refractivity contribution in [3.8, 4) is 0 Å². The van der Waals surface area contributed by atoms with Gasteiger partial charge in [-0.3, -0.25) is 4.79 Å². The summed E-state index contributed by atoms with van der Waals surface area (Å²) in [7, 11) is 0. The molecule has 0 aliphatic rings. The van der Waals surface area contributed by atoms with Crippen molar-refractivity contribution in [2.75, 3.05) is 5.75 Å². The predicted molar refractivity (Wildman–Crippen MR) is 71.4 cm³/mol. The molecule has 0 heterocycles. The lowest BCUT2D eigenvalue weighted by Gasteiger charge is -2.18. The lowest BCUT2D eigenvalue weighted by molar-refractivity contribution is -0.142. The zero-order valence-corrected chi connectivity index (χ0v) is 11.1. The maximum atomic E-state index is 10.8. The monoisotopic (exact) mass is 253 g/mol. The molecule has 1 unspecified atom stereocenters. The van der Waals surface area contributed by atoms with Gasteiger partial charge in [0.25, 0.3) is 0 Å². The molecule has 1 aromatic carbocycles. The van der Waals surface area contributed by atoms with Gasteiger partial charge in [-0.1, -0.05) is 17.7 Å². The Labute approximate surface area is 106 Å². The number of carboxylic acid groups (broad SMARTS) is 1. The lowest BCUT2D eigenvalue weighted by Crippen LogP contribution is -2.44. The Hall–Kier alpha value is -1.00. The Bertz CT molecular complexity index is 374. The van der Waals surface area contributed by atoms with Crippen molar-refractivity contribution in [2.45, 2.75) is 37.1 Å². The zero-order chi connectivity index (χ0) is 12.9. The van der Waals surface area contributed by atoms with E-state index in [0.717, 1.165) is 12.2 Å². The van der Waals surface area contributed by atoms with Gasteiger partial charge in [0.1, 0.15) is 5.54 Å². The molecule has 0 aliphatic carbocycles. The van der Waals surface area contributed by atoms with Crippen molar-refractivity contribution in [3.63, 3.8) is 0 Å². The van der Waals surface area contributed by atoms with E-state index in [4.69, 9.17) is 10.8 Å². The molecule has 94 valence electrons. The number of thioether (sulfide) groups is 1. The third-order valence-corrected chi connectivity index (χ3v) is 3.72. The van der Waals surface area contributed by atoms with Crippen LogP contribution in [0.5, 0.6) is 0 Å². The highest BCUT2D eigenvalue weighted by atomic mass is 32.2. The fraction of sp³-hybridized carbons (Fsp3) is 0.462. The van der Waals surface area contributed by atoms with E-state index in [1.165, 1.54) is 10.5 Å². The zero-order valence-electron chi connectivity index (χ0n) is 10.3. The van der Waals surface area contributed by atoms with Crippen molar-refractivity contribution in [2.24, 2.45) is 5.73 Å². The van der Waals surface area contributed by atoms with Crippen LogP contribution in [0.4, 0.5) is 0 Å². The molecular formula is C13H19NO2S. The Kier molecular flexibility index (Phi) is 5.02. The SMILES string of the molecule is Cc1ccc(SCCCC(C)(N)C(=O)O)cc1. The Balaban J connectivity index is 2.29. The van der Waals surface area contributed by atoms with Crippen molar-refractivity contribution in [1.82, 2.24) is 0 Å². The molecule has 1 aromatic rings. The molecule has 0 saturated carbocycles. The second-order valence-corrected chi connectivity index (χ2v) is 5.66. The predicted octanol–water partition coefficient (Wildman–Crippen LogP) is 2.67. The minimum Gasteiger partial charge on any atom is -0.480 e. The van der Waals surface area contributed by atoms with Crippen LogP contribution >= 0.6 is 11.8 Å². The molecule has 0 aliphatic heterocycles. The topological polar surface area (TPSA) is 63.3 Å². The summed E-state index contributed by atoms with van der Waals surface area (Å²) >= 11 is 1.73. The molecule has 3 N–H and O–H groups in total. The van der Waals surface area contributed by atoms with Crippen molar-refractivity contribution in [1.29, 1.82) is 0 Å². The first-order valence-corrected chi connectivity index (χ1v) is 6.62. The molecule has 0 amide bonds. The average molecular weight is 253 g/mol. The van der Waals surface area contributed by atoms with Gasteiger partial charge in [0.15, 0.2) is 0 Å². The van der Waals surface area contributed by atoms with Gasteiger partial charge in [-0.15, -0.1) is 11.8 Å². The quantitative estimate of drug-likeness (QED) is 0.604. The summed E-state index contributed by atoms with van der Waals surface area (Å²) in [5.41, 5.74) is 5.79. The second kappa shape index (κ2) is 6.07. The van der Waals surface area contributed by atoms with Gasteiger partial charge in [-0.25, -0.2) is 0 Å². The van der Waals surface area contributed by atoms with Crippen LogP contribution in [-0.2, 0) is 4.79 Å². The van der Waals surface area contributed by atoms with E-state index in [0.29, 0.717) is 6.42 Å². The standard InChI is InChI=1S/C13H19NO2S/c1-10-4-6-11(7-5-10)17-9-3-8-13(2,14)12(15)16/h4-7H,3,8-9,14H2,1-2H3,(H,15,16). The van der Waals surface area contributed by atoms with E-state index in [-0.39, 0.29) is 0 Å². The number of benzene rings is 1. The van der Waals surface area contributed by atoms with E-state index in [1.54, 1.807) is 18.7 Å². The first kappa shape index (κ1) is 14.1. The Morgan fingerprint density at radius 2 is 2.00 bits per heavy atom. The maximum Gasteiger partial charge on any atom is 0.323 e. The second-order valence-electron chi connectivity index (χ2n) is 4.49. The van der Waals surface area contributed by atoms with Gasteiger partial charge < -0.3 is 10.8 Å². The third-order valence-electron chi connectivity index (χ3n) is 2.62. The van der Waals surface area contributed by atoms with Gasteiger partial charge in [-0.05, 0) is 44.6 Å². The number of nitrogens with two attached hydrogens (primary N) is 1. The molecule has 0 bridgehead atoms. The van der Waals surface area contributed by atoms with Gasteiger partial charge in [0.05, 0.1) is 0 Å². The number of carboxylic acids is 1. The number of hydrogen-bond acceptors (Lipinski definition) is 3. The summed E-state index contributed by atoms with van der Waals surface area (Å²) in [6.07, 6.45) is 1.30. The molecule has 0 fully saturated rings. The van der Waals surface area contributed by atoms with Crippen LogP contribution in [0.2, 0.25) is 0 Å². The minimum absolute atomic E-state index is 0.501. The maximum absolute atomic E-state index is 10.8. The van der Waals surface area contributed by atoms with E-state index in [9.17, 15) is 4.79 Å². The lowest BCUT2D eigenvalue weighted by atomic mass is 9.98. The van der Waals surface area contributed by atoms with E-state index in [1.807, 2.05) is 0 Å². The van der Waals surface area contributed by atoms with Crippen LogP contribution in [0.15, 0.2) is 29.2 Å². The van der Waals surface area contributed by atoms with Crippen molar-refractivity contribution in [3.05, 3.63) is 29.8 Å². The third kappa shape index (κ3) is 4.79. The number of aliphatic carboxylic acids is 1. The van der Waals surface area contributed by atoms with Crippen LogP contribution in [0.1, 0.15) is 25.3 Å². The molecular weight excluding hydrogens is 234 g/mol. The first-order chi connectivity index (χ1) is 7.92. The van der Waals surface area contributed by atoms with E-state index < -0.39 is 11.5 Å². The van der Waals surface area contributed by atoms with Gasteiger partial charge in [0, 0.05) is 4.90 Å². The first-order valence-electron chi connectivity index (χ1n) is 5.63. The molecule has 3 nitrogen and oxygen atoms in total. The molecule has 0 radical (unpaired) electrons. The Morgan fingerprint density at radius 1 is 1.41 bits per heavy atom. The molecule has 1 rings (SSSR count). The highest BCUT2D eigenvalue weighted by molar-refractivity contribution is 7.99. The largest absolute Gasteiger partial charge is 0.480 e. The van der Waals surface area contributed by atoms with Crippen LogP contribution in [0.3, 0.4) is 0 Å². The molecule has 0 spiro atoms. The van der Waals surface area contributed by atoms with Crippen molar-refractivity contribution >= 4 is 17.7 Å². The fourth-order valence-corrected chi connectivity index (χ4v) is 2.22. The number of aryl methyl sites for hydroxylation is 1. The van der Waals surface area contributed by atoms with Gasteiger partial charge >= 0.3 is 5.97 Å². The molecule has 0 saturated heterocycles. The highest BCUT2D eigenvalue weighted by Crippen LogP contribution is 2.21. The summed E-state index contributed by atoms with van der Waals surface area (Å²) in [5.74, 6) is -0.0406. The normalized spacial score (nSPS) is 14.3. The van der Waals surface area contributed by atoms with Crippen LogP contribution in [-0.4, -0.2) is 22.4 Å². The summed E-state index contributed by atoms with van der Waals surface area (Å²) in [6, 6.07) is 8.32. The van der Waals surface area contributed by atoms with Gasteiger partial charge in [-0.2, -0.15) is 0 Å². The minimum atomic E-state index is -1.10. The molecule has 4 heteroatoms. The van der Waals surface area contributed by atoms with Gasteiger partial charge in [0.2, 0.25) is 0 Å². The number of rotatable bonds is 6. The van der Waals surface area contributed by atoms with E-state index in [2.05, 4.69) is 31.2 Å². The molecule has 17 heavy (non-hydrogen) atoms. The fourth-order valence-electron chi connectivity index (χ4n) is 1.37. The van der Waals surface area contributed by atoms with E-state index >= 15 is 0 Å². The number of carbonyl (C=O) groups is 1. The summed E-state index contributed by atoms with van der Waals surface area (Å²) in [6.45, 7) is 3.62. The van der Waals surface area contributed by atoms with Crippen LogP contribution in [0.25, 0.3) is 0 Å². The summed E-state index contributed by atoms with van der Waals surface area (Å²) < 4.78 is 0. The summed E-state index contributed by atoms with van der Waals surface area (Å²) in [5, 5.41) is 8.86. The highest BCUT2D eigenvalue weighted by Gasteiger charge is 2.26. The van der Waals surface area contributed by atoms with Crippen LogP contribution in [0, 0.1) is 6.92 Å². The summed E-state index contributed by atoms with van der Waals surface area (Å²) in [4.78, 5) is 12.0. The smallest absolute Gasteiger partial charge is 0.323 e. The van der Waals surface area contributed by atoms with Crippen LogP contribution < -0.4 is 5.73 Å². The molecule has 0 aromatic heterocycles. The average Bonchev–Trinajstić information content (AvgIpc) is 2.26.